The minimum atomic E-state index is -0.00756. The number of carbonyl (C=O) groups excluding carboxylic acids is 1. The van der Waals surface area contributed by atoms with Crippen LogP contribution in [-0.4, -0.2) is 42.9 Å². The van der Waals surface area contributed by atoms with Crippen molar-refractivity contribution in [2.75, 3.05) is 32.0 Å². The molecule has 22 heavy (non-hydrogen) atoms. The number of esters is 1. The van der Waals surface area contributed by atoms with Crippen LogP contribution in [0.2, 0.25) is 0 Å². The first-order chi connectivity index (χ1) is 10.8. The normalized spacial score (nSPS) is 19.0. The van der Waals surface area contributed by atoms with Crippen molar-refractivity contribution in [3.8, 4) is 0 Å². The van der Waals surface area contributed by atoms with Gasteiger partial charge in [0.2, 0.25) is 0 Å². The highest BCUT2D eigenvalue weighted by Crippen LogP contribution is 2.20. The van der Waals surface area contributed by atoms with E-state index in [9.17, 15) is 4.79 Å². The van der Waals surface area contributed by atoms with E-state index in [-0.39, 0.29) is 11.9 Å². The fourth-order valence-electron chi connectivity index (χ4n) is 2.86. The molecule has 1 saturated heterocycles. The second kappa shape index (κ2) is 9.90. The topological polar surface area (TPSA) is 29.5 Å². The van der Waals surface area contributed by atoms with Gasteiger partial charge >= 0.3 is 5.97 Å². The molecule has 4 heteroatoms. The fraction of sp³-hybridized carbons (Fsp3) is 0.611. The summed E-state index contributed by atoms with van der Waals surface area (Å²) in [5.74, 6) is 1.25. The second-order valence-electron chi connectivity index (χ2n) is 5.76. The average Bonchev–Trinajstić information content (AvgIpc) is 2.56. The van der Waals surface area contributed by atoms with E-state index in [0.29, 0.717) is 6.61 Å². The Balaban J connectivity index is 1.59. The van der Waals surface area contributed by atoms with Crippen molar-refractivity contribution in [3.63, 3.8) is 0 Å². The van der Waals surface area contributed by atoms with Gasteiger partial charge in [-0.25, -0.2) is 0 Å². The molecule has 1 atom stereocenters. The number of thioether (sulfide) groups is 1. The first-order valence-corrected chi connectivity index (χ1v) is 9.35. The van der Waals surface area contributed by atoms with Gasteiger partial charge in [0.1, 0.15) is 0 Å². The van der Waals surface area contributed by atoms with Crippen molar-refractivity contribution in [1.82, 2.24) is 4.90 Å². The summed E-state index contributed by atoms with van der Waals surface area (Å²) in [6.45, 7) is 5.48. The average molecular weight is 321 g/mol. The molecule has 0 aromatic heterocycles. The van der Waals surface area contributed by atoms with Crippen LogP contribution in [0.3, 0.4) is 0 Å². The van der Waals surface area contributed by atoms with E-state index >= 15 is 0 Å². The third-order valence-electron chi connectivity index (χ3n) is 4.01. The first kappa shape index (κ1) is 17.4. The molecule has 1 aliphatic heterocycles. The van der Waals surface area contributed by atoms with Crippen molar-refractivity contribution >= 4 is 17.7 Å². The number of rotatable bonds is 8. The maximum absolute atomic E-state index is 11.8. The summed E-state index contributed by atoms with van der Waals surface area (Å²) in [4.78, 5) is 15.6. The predicted molar refractivity (Wildman–Crippen MR) is 92.2 cm³/mol. The molecule has 2 rings (SSSR count). The summed E-state index contributed by atoms with van der Waals surface area (Å²) in [5.41, 5.74) is 0. The molecule has 1 aromatic carbocycles. The molecule has 0 spiro atoms. The first-order valence-electron chi connectivity index (χ1n) is 8.36. The highest BCUT2D eigenvalue weighted by atomic mass is 32.2. The highest BCUT2D eigenvalue weighted by Gasteiger charge is 2.26. The SMILES string of the molecule is CCOC(=O)[C@@H]1CCCN(CCCCSc2ccccc2)C1. The van der Waals surface area contributed by atoms with Gasteiger partial charge in [0.25, 0.3) is 0 Å². The Labute approximate surface area is 138 Å². The number of unbranched alkanes of at least 4 members (excludes halogenated alkanes) is 1. The molecule has 1 aliphatic rings. The number of benzene rings is 1. The summed E-state index contributed by atoms with van der Waals surface area (Å²) in [6, 6.07) is 10.6. The quantitative estimate of drug-likeness (QED) is 0.413. The van der Waals surface area contributed by atoms with Crippen molar-refractivity contribution in [2.45, 2.75) is 37.5 Å². The molecule has 0 radical (unpaired) electrons. The van der Waals surface area contributed by atoms with Crippen molar-refractivity contribution in [3.05, 3.63) is 30.3 Å². The van der Waals surface area contributed by atoms with E-state index in [4.69, 9.17) is 4.74 Å². The molecule has 122 valence electrons. The van der Waals surface area contributed by atoms with Crippen molar-refractivity contribution in [1.29, 1.82) is 0 Å². The Morgan fingerprint density at radius 2 is 2.14 bits per heavy atom. The van der Waals surface area contributed by atoms with Crippen LogP contribution in [0.4, 0.5) is 0 Å². The van der Waals surface area contributed by atoms with E-state index < -0.39 is 0 Å². The van der Waals surface area contributed by atoms with Gasteiger partial charge in [-0.15, -0.1) is 11.8 Å². The lowest BCUT2D eigenvalue weighted by atomic mass is 9.98. The van der Waals surface area contributed by atoms with Crippen molar-refractivity contribution < 1.29 is 9.53 Å². The van der Waals surface area contributed by atoms with Crippen molar-refractivity contribution in [2.24, 2.45) is 5.92 Å². The van der Waals surface area contributed by atoms with Gasteiger partial charge in [-0.05, 0) is 63.6 Å². The van der Waals surface area contributed by atoms with E-state index in [1.54, 1.807) is 0 Å². The molecule has 0 amide bonds. The molecular formula is C18H27NO2S. The zero-order valence-corrected chi connectivity index (χ0v) is 14.3. The Morgan fingerprint density at radius 1 is 1.32 bits per heavy atom. The Morgan fingerprint density at radius 3 is 2.91 bits per heavy atom. The molecular weight excluding hydrogens is 294 g/mol. The summed E-state index contributed by atoms with van der Waals surface area (Å²) in [7, 11) is 0. The van der Waals surface area contributed by atoms with Gasteiger partial charge in [0.05, 0.1) is 12.5 Å². The van der Waals surface area contributed by atoms with Gasteiger partial charge in [-0.3, -0.25) is 4.79 Å². The zero-order chi connectivity index (χ0) is 15.6. The Hall–Kier alpha value is -1.00. The second-order valence-corrected chi connectivity index (χ2v) is 6.93. The van der Waals surface area contributed by atoms with Crippen LogP contribution in [0.15, 0.2) is 35.2 Å². The largest absolute Gasteiger partial charge is 0.466 e. The zero-order valence-electron chi connectivity index (χ0n) is 13.5. The summed E-state index contributed by atoms with van der Waals surface area (Å²) in [5, 5.41) is 0. The van der Waals surface area contributed by atoms with E-state index in [1.165, 1.54) is 23.5 Å². The molecule has 3 nitrogen and oxygen atoms in total. The molecule has 0 bridgehead atoms. The monoisotopic (exact) mass is 321 g/mol. The van der Waals surface area contributed by atoms with Crippen LogP contribution in [0.25, 0.3) is 0 Å². The lowest BCUT2D eigenvalue weighted by Gasteiger charge is -2.31. The van der Waals surface area contributed by atoms with E-state index in [2.05, 4.69) is 35.2 Å². The molecule has 1 heterocycles. The highest BCUT2D eigenvalue weighted by molar-refractivity contribution is 7.99. The number of hydrogen-bond acceptors (Lipinski definition) is 4. The molecule has 1 aromatic rings. The van der Waals surface area contributed by atoms with Gasteiger partial charge in [-0.1, -0.05) is 18.2 Å². The van der Waals surface area contributed by atoms with Crippen LogP contribution >= 0.6 is 11.8 Å². The van der Waals surface area contributed by atoms with E-state index in [1.807, 2.05) is 18.7 Å². The number of likely N-dealkylation sites (tertiary alicyclic amines) is 1. The maximum Gasteiger partial charge on any atom is 0.310 e. The predicted octanol–water partition coefficient (Wildman–Crippen LogP) is 3.83. The third kappa shape index (κ3) is 6.01. The van der Waals surface area contributed by atoms with Crippen LogP contribution in [0.1, 0.15) is 32.6 Å². The summed E-state index contributed by atoms with van der Waals surface area (Å²) < 4.78 is 5.15. The van der Waals surface area contributed by atoms with E-state index in [0.717, 1.165) is 32.5 Å². The smallest absolute Gasteiger partial charge is 0.310 e. The molecule has 0 saturated carbocycles. The number of carbonyl (C=O) groups is 1. The minimum absolute atomic E-state index is 0.00756. The lowest BCUT2D eigenvalue weighted by Crippen LogP contribution is -2.39. The van der Waals surface area contributed by atoms with Crippen LogP contribution in [0, 0.1) is 5.92 Å². The Kier molecular flexibility index (Phi) is 7.81. The molecule has 1 fully saturated rings. The number of nitrogens with zero attached hydrogens (tertiary/aromatic N) is 1. The van der Waals surface area contributed by atoms with Crippen LogP contribution in [-0.2, 0) is 9.53 Å². The number of hydrogen-bond donors (Lipinski definition) is 0. The lowest BCUT2D eigenvalue weighted by molar-refractivity contribution is -0.149. The third-order valence-corrected chi connectivity index (χ3v) is 5.10. The van der Waals surface area contributed by atoms with Gasteiger partial charge in [-0.2, -0.15) is 0 Å². The standard InChI is InChI=1S/C18H27NO2S/c1-2-21-18(20)16-9-8-13-19(15-16)12-6-7-14-22-17-10-4-3-5-11-17/h3-5,10-11,16H,2,6-9,12-15H2,1H3/t16-/m1/s1. The maximum atomic E-state index is 11.8. The van der Waals surface area contributed by atoms with Crippen LogP contribution in [0.5, 0.6) is 0 Å². The summed E-state index contributed by atoms with van der Waals surface area (Å²) in [6.07, 6.45) is 4.52. The minimum Gasteiger partial charge on any atom is -0.466 e. The number of piperidine rings is 1. The Bertz CT molecular complexity index is 438. The van der Waals surface area contributed by atoms with Gasteiger partial charge in [0, 0.05) is 11.4 Å². The molecule has 0 aliphatic carbocycles. The fourth-order valence-corrected chi connectivity index (χ4v) is 3.79. The van der Waals surface area contributed by atoms with Gasteiger partial charge in [0.15, 0.2) is 0 Å². The molecule has 0 N–H and O–H groups in total. The summed E-state index contributed by atoms with van der Waals surface area (Å²) >= 11 is 1.93. The molecule has 0 unspecified atom stereocenters. The number of ether oxygens (including phenoxy) is 1. The van der Waals surface area contributed by atoms with Crippen LogP contribution < -0.4 is 0 Å². The van der Waals surface area contributed by atoms with Gasteiger partial charge < -0.3 is 9.64 Å².